The van der Waals surface area contributed by atoms with Gasteiger partial charge in [-0.25, -0.2) is 15.0 Å². The molecule has 1 aliphatic heterocycles. The van der Waals surface area contributed by atoms with E-state index in [1.54, 1.807) is 0 Å². The van der Waals surface area contributed by atoms with Gasteiger partial charge in [-0.2, -0.15) is 0 Å². The normalized spacial score (nSPS) is 16.7. The molecule has 6 bridgehead atoms. The van der Waals surface area contributed by atoms with Gasteiger partial charge < -0.3 is 4.98 Å². The molecule has 4 aliphatic rings. The molecule has 5 heteroatoms. The summed E-state index contributed by atoms with van der Waals surface area (Å²) in [6, 6.07) is 26.8. The van der Waals surface area contributed by atoms with Gasteiger partial charge in [0.1, 0.15) is 11.6 Å². The lowest BCUT2D eigenvalue weighted by Crippen LogP contribution is -2.10. The van der Waals surface area contributed by atoms with Gasteiger partial charge in [-0.3, -0.25) is 4.98 Å². The first-order valence-electron chi connectivity index (χ1n) is 14.1. The first-order valence-corrected chi connectivity index (χ1v) is 14.1. The minimum Gasteiger partial charge on any atom is -0.331 e. The van der Waals surface area contributed by atoms with Crippen molar-refractivity contribution in [3.63, 3.8) is 0 Å². The minimum atomic E-state index is 0.0523. The topological polar surface area (TPSA) is 67.3 Å². The van der Waals surface area contributed by atoms with E-state index < -0.39 is 0 Å². The van der Waals surface area contributed by atoms with E-state index in [1.807, 2.05) is 43.3 Å². The highest BCUT2D eigenvalue weighted by molar-refractivity contribution is 5.87. The number of aromatic amines is 1. The number of allylic oxidation sites excluding steroid dienone is 4. The molecule has 8 rings (SSSR count). The predicted molar refractivity (Wildman–Crippen MR) is 167 cm³/mol. The molecule has 1 aromatic heterocycles. The maximum atomic E-state index is 5.25. The van der Waals surface area contributed by atoms with E-state index >= 15 is 0 Å². The molecule has 3 aromatic carbocycles. The van der Waals surface area contributed by atoms with Crippen LogP contribution in [-0.2, 0) is 0 Å². The number of rotatable bonds is 0. The molecule has 0 fully saturated rings. The van der Waals surface area contributed by atoms with Crippen LogP contribution in [0.2, 0.25) is 0 Å². The van der Waals surface area contributed by atoms with Crippen molar-refractivity contribution in [2.45, 2.75) is 18.8 Å². The highest BCUT2D eigenvalue weighted by Crippen LogP contribution is 2.40. The van der Waals surface area contributed by atoms with Crippen molar-refractivity contribution >= 4 is 23.9 Å². The summed E-state index contributed by atoms with van der Waals surface area (Å²) in [4.78, 5) is 24.3. The lowest BCUT2D eigenvalue weighted by atomic mass is 9.89. The standard InChI is InChI=1S/C37H27N5/c1-21-34-28-16-8-9-17-29(28)35(21)40-32-20-33(27-15-7-6-14-26(27)32)41-37-31-19-11-10-18-30(31)36(42-37)39-23(3)25-13-5-4-12-24(25)22(2)38-34/h4-20,30-31H,1,3H2,2H3,(H,39,41,42). The van der Waals surface area contributed by atoms with Crippen molar-refractivity contribution in [3.05, 3.63) is 152 Å². The Morgan fingerprint density at radius 1 is 0.619 bits per heavy atom. The van der Waals surface area contributed by atoms with Crippen LogP contribution >= 0.6 is 0 Å². The van der Waals surface area contributed by atoms with Crippen LogP contribution in [0.5, 0.6) is 0 Å². The SMILES string of the molecule is C=c1c2nc3cc(nc4[nH]c(nc(=C)c5ccccc5c(C)nc1=c1ccccc1=2)C1C=CC=CC41)-c1ccccc1-3. The van der Waals surface area contributed by atoms with Gasteiger partial charge in [0.05, 0.1) is 27.4 Å². The maximum absolute atomic E-state index is 5.25. The number of hydrogen-bond donors (Lipinski definition) is 1. The summed E-state index contributed by atoms with van der Waals surface area (Å²) in [5.74, 6) is 1.81. The number of hydrogen-bond acceptors (Lipinski definition) is 4. The Bertz CT molecular complexity index is 2440. The van der Waals surface area contributed by atoms with Crippen molar-refractivity contribution < 1.29 is 0 Å². The van der Waals surface area contributed by atoms with Gasteiger partial charge in [-0.15, -0.1) is 0 Å². The van der Waals surface area contributed by atoms with E-state index in [-0.39, 0.29) is 11.8 Å². The zero-order chi connectivity index (χ0) is 28.4. The van der Waals surface area contributed by atoms with Crippen LogP contribution in [-0.4, -0.2) is 24.9 Å². The molecule has 2 unspecified atom stereocenters. The van der Waals surface area contributed by atoms with Crippen molar-refractivity contribution in [2.24, 2.45) is 0 Å². The first-order chi connectivity index (χ1) is 20.6. The number of nitrogens with zero attached hydrogens (tertiary/aromatic N) is 4. The molecule has 1 N–H and O–H groups in total. The fourth-order valence-corrected chi connectivity index (χ4v) is 6.36. The Morgan fingerprint density at radius 2 is 1.17 bits per heavy atom. The quantitative estimate of drug-likeness (QED) is 0.253. The number of nitrogens with one attached hydrogen (secondary N) is 1. The van der Waals surface area contributed by atoms with E-state index in [0.29, 0.717) is 5.35 Å². The number of aryl methyl sites for hydroxylation is 1. The lowest BCUT2D eigenvalue weighted by molar-refractivity contribution is 0.731. The van der Waals surface area contributed by atoms with Crippen LogP contribution in [0.4, 0.5) is 0 Å². The van der Waals surface area contributed by atoms with Gasteiger partial charge in [-0.05, 0) is 13.0 Å². The van der Waals surface area contributed by atoms with Crippen molar-refractivity contribution in [3.8, 4) is 22.5 Å². The number of H-pyrrole nitrogens is 1. The van der Waals surface area contributed by atoms with E-state index in [1.165, 1.54) is 0 Å². The zero-order valence-corrected chi connectivity index (χ0v) is 23.2. The Morgan fingerprint density at radius 3 is 1.86 bits per heavy atom. The van der Waals surface area contributed by atoms with E-state index in [0.717, 1.165) is 77.0 Å². The molecule has 4 aromatic rings. The lowest BCUT2D eigenvalue weighted by Gasteiger charge is -2.14. The summed E-state index contributed by atoms with van der Waals surface area (Å²) >= 11 is 0. The molecule has 0 saturated carbocycles. The van der Waals surface area contributed by atoms with Gasteiger partial charge in [0.15, 0.2) is 0 Å². The molecule has 3 aliphatic carbocycles. The van der Waals surface area contributed by atoms with Crippen LogP contribution in [0.15, 0.2) is 103 Å². The first kappa shape index (κ1) is 24.4. The number of benzene rings is 3. The second-order valence-electron chi connectivity index (χ2n) is 10.9. The van der Waals surface area contributed by atoms with Crippen molar-refractivity contribution in [1.82, 2.24) is 24.9 Å². The Labute approximate surface area is 242 Å². The molecule has 200 valence electrons. The zero-order valence-electron chi connectivity index (χ0n) is 23.2. The van der Waals surface area contributed by atoms with Gasteiger partial charge in [0.2, 0.25) is 0 Å². The molecule has 0 radical (unpaired) electrons. The molecule has 2 atom stereocenters. The highest BCUT2D eigenvalue weighted by atomic mass is 15.0. The third-order valence-corrected chi connectivity index (χ3v) is 8.42. The van der Waals surface area contributed by atoms with Crippen molar-refractivity contribution in [1.29, 1.82) is 0 Å². The van der Waals surface area contributed by atoms with E-state index in [9.17, 15) is 0 Å². The average Bonchev–Trinajstić information content (AvgIpc) is 3.63. The summed E-state index contributed by atoms with van der Waals surface area (Å²) < 4.78 is 0. The van der Waals surface area contributed by atoms with E-state index in [2.05, 4.69) is 84.9 Å². The van der Waals surface area contributed by atoms with Crippen LogP contribution in [0.1, 0.15) is 29.2 Å². The molecule has 42 heavy (non-hydrogen) atoms. The second kappa shape index (κ2) is 9.32. The molecular weight excluding hydrogens is 514 g/mol. The Hall–Kier alpha value is -5.42. The molecular formula is C37H27N5. The monoisotopic (exact) mass is 541 g/mol. The molecule has 0 amide bonds. The highest BCUT2D eigenvalue weighted by Gasteiger charge is 2.31. The van der Waals surface area contributed by atoms with Gasteiger partial charge in [0.25, 0.3) is 0 Å². The smallest absolute Gasteiger partial charge is 0.116 e. The van der Waals surface area contributed by atoms with Gasteiger partial charge >= 0.3 is 0 Å². The van der Waals surface area contributed by atoms with Crippen LogP contribution in [0, 0.1) is 28.1 Å². The van der Waals surface area contributed by atoms with Crippen LogP contribution < -0.4 is 10.6 Å². The third kappa shape index (κ3) is 3.71. The minimum absolute atomic E-state index is 0.0523. The third-order valence-electron chi connectivity index (χ3n) is 8.42. The summed E-state index contributed by atoms with van der Waals surface area (Å²) in [6.45, 7) is 10.9. The number of fused-ring (bicyclic) bond motifs is 14. The molecule has 2 heterocycles. The maximum Gasteiger partial charge on any atom is 0.116 e. The summed E-state index contributed by atoms with van der Waals surface area (Å²) in [5.41, 5.74) is 4.71. The summed E-state index contributed by atoms with van der Waals surface area (Å²) in [7, 11) is 0. The van der Waals surface area contributed by atoms with Crippen LogP contribution in [0.3, 0.4) is 0 Å². The Balaban J connectivity index is 1.61. The molecule has 5 nitrogen and oxygen atoms in total. The van der Waals surface area contributed by atoms with Gasteiger partial charge in [0, 0.05) is 55.1 Å². The van der Waals surface area contributed by atoms with Gasteiger partial charge in [-0.1, -0.05) is 110 Å². The largest absolute Gasteiger partial charge is 0.331 e. The molecule has 0 saturated heterocycles. The fraction of sp³-hybridized carbons (Fsp3) is 0.0811. The van der Waals surface area contributed by atoms with Crippen molar-refractivity contribution in [2.75, 3.05) is 0 Å². The number of aromatic nitrogens is 5. The average molecular weight is 542 g/mol. The van der Waals surface area contributed by atoms with E-state index in [4.69, 9.17) is 19.9 Å². The van der Waals surface area contributed by atoms with Crippen LogP contribution in [0.25, 0.3) is 46.4 Å². The summed E-state index contributed by atoms with van der Waals surface area (Å²) in [6.07, 6.45) is 8.52. The Kier molecular flexibility index (Phi) is 5.41. The predicted octanol–water partition coefficient (Wildman–Crippen LogP) is 6.09. The summed E-state index contributed by atoms with van der Waals surface area (Å²) in [5, 5.41) is 7.11. The second-order valence-corrected chi connectivity index (χ2v) is 10.9. The molecule has 0 spiro atoms. The fourth-order valence-electron chi connectivity index (χ4n) is 6.36.